The molecule has 0 aromatic carbocycles. The van der Waals surface area contributed by atoms with Gasteiger partial charge in [0.25, 0.3) is 5.91 Å². The molecule has 0 aliphatic rings. The minimum absolute atomic E-state index is 0.385. The molecule has 0 saturated heterocycles. The highest BCUT2D eigenvalue weighted by molar-refractivity contribution is 5.93. The molecule has 0 saturated carbocycles. The Bertz CT molecular complexity index is 334. The lowest BCUT2D eigenvalue weighted by molar-refractivity contribution is -0.117. The summed E-state index contributed by atoms with van der Waals surface area (Å²) in [5.74, 6) is 1.83. The number of rotatable bonds is 2. The Morgan fingerprint density at radius 3 is 2.85 bits per heavy atom. The van der Waals surface area contributed by atoms with E-state index in [1.807, 2.05) is 5.92 Å². The normalized spacial score (nSPS) is 10.5. The van der Waals surface area contributed by atoms with Gasteiger partial charge in [-0.3, -0.25) is 4.79 Å². The van der Waals surface area contributed by atoms with Crippen LogP contribution in [0.2, 0.25) is 0 Å². The number of H-pyrrole nitrogens is 1. The van der Waals surface area contributed by atoms with Gasteiger partial charge in [0.05, 0.1) is 5.54 Å². The van der Waals surface area contributed by atoms with Crippen molar-refractivity contribution in [2.45, 2.75) is 19.4 Å². The molecule has 1 rings (SSSR count). The predicted molar refractivity (Wildman–Crippen MR) is 44.2 cm³/mol. The maximum Gasteiger partial charge on any atom is 0.296 e. The second kappa shape index (κ2) is 3.23. The third kappa shape index (κ3) is 2.02. The van der Waals surface area contributed by atoms with E-state index in [1.165, 1.54) is 0 Å². The van der Waals surface area contributed by atoms with Gasteiger partial charge in [0, 0.05) is 0 Å². The van der Waals surface area contributed by atoms with Crippen LogP contribution in [0, 0.1) is 12.3 Å². The third-order valence-electron chi connectivity index (χ3n) is 1.46. The van der Waals surface area contributed by atoms with Crippen LogP contribution >= 0.6 is 0 Å². The molecule has 68 valence electrons. The molecule has 1 aromatic rings. The molecule has 0 spiro atoms. The van der Waals surface area contributed by atoms with Crippen molar-refractivity contribution in [2.24, 2.45) is 0 Å². The van der Waals surface area contributed by atoms with Crippen molar-refractivity contribution in [3.05, 3.63) is 5.82 Å². The number of nitrogens with one attached hydrogen (secondary N) is 2. The summed E-state index contributed by atoms with van der Waals surface area (Å²) in [5.41, 5.74) is -0.712. The Labute approximate surface area is 75.1 Å². The summed E-state index contributed by atoms with van der Waals surface area (Å²) in [6.07, 6.45) is 4.91. The Balaban J connectivity index is 2.79. The lowest BCUT2D eigenvalue weighted by Gasteiger charge is -2.20. The smallest absolute Gasteiger partial charge is 0.296 e. The van der Waals surface area contributed by atoms with Gasteiger partial charge in [0.1, 0.15) is 0 Å². The molecule has 2 N–H and O–H groups in total. The molecular formula is C7H9N5O. The van der Waals surface area contributed by atoms with Crippen LogP contribution in [0.1, 0.15) is 19.7 Å². The van der Waals surface area contributed by atoms with Crippen molar-refractivity contribution in [3.8, 4) is 12.3 Å². The van der Waals surface area contributed by atoms with Crippen molar-refractivity contribution >= 4 is 5.91 Å². The van der Waals surface area contributed by atoms with E-state index in [0.29, 0.717) is 5.82 Å². The summed E-state index contributed by atoms with van der Waals surface area (Å²) in [5, 5.41) is 15.7. The molecule has 6 nitrogen and oxygen atoms in total. The first-order valence-corrected chi connectivity index (χ1v) is 3.59. The van der Waals surface area contributed by atoms with Crippen LogP contribution in [0.4, 0.5) is 0 Å². The van der Waals surface area contributed by atoms with Crippen molar-refractivity contribution < 1.29 is 4.79 Å². The topological polar surface area (TPSA) is 83.6 Å². The van der Waals surface area contributed by atoms with Crippen LogP contribution < -0.4 is 5.32 Å². The predicted octanol–water partition coefficient (Wildman–Crippen LogP) is -0.816. The van der Waals surface area contributed by atoms with Gasteiger partial charge in [-0.05, 0) is 19.8 Å². The van der Waals surface area contributed by atoms with Crippen molar-refractivity contribution in [1.29, 1.82) is 0 Å². The average molecular weight is 179 g/mol. The minimum Gasteiger partial charge on any atom is -0.333 e. The Morgan fingerprint density at radius 2 is 2.38 bits per heavy atom. The van der Waals surface area contributed by atoms with Crippen LogP contribution in [0.25, 0.3) is 0 Å². The highest BCUT2D eigenvalue weighted by atomic mass is 16.1. The SMILES string of the molecule is C#CC(=O)NC(C)(C)c1nn[nH]n1. The Morgan fingerprint density at radius 1 is 1.69 bits per heavy atom. The summed E-state index contributed by atoms with van der Waals surface area (Å²) in [4.78, 5) is 10.9. The van der Waals surface area contributed by atoms with Gasteiger partial charge in [-0.1, -0.05) is 5.21 Å². The van der Waals surface area contributed by atoms with E-state index in [2.05, 4.69) is 25.9 Å². The first-order valence-electron chi connectivity index (χ1n) is 3.59. The van der Waals surface area contributed by atoms with E-state index >= 15 is 0 Å². The van der Waals surface area contributed by atoms with E-state index < -0.39 is 11.4 Å². The number of aromatic amines is 1. The number of aromatic nitrogens is 4. The first-order chi connectivity index (χ1) is 6.06. The molecular weight excluding hydrogens is 170 g/mol. The van der Waals surface area contributed by atoms with Gasteiger partial charge < -0.3 is 5.32 Å². The van der Waals surface area contributed by atoms with Crippen LogP contribution in [-0.4, -0.2) is 26.5 Å². The molecule has 0 fully saturated rings. The van der Waals surface area contributed by atoms with E-state index in [9.17, 15) is 4.79 Å². The molecule has 1 amide bonds. The molecule has 0 unspecified atom stereocenters. The van der Waals surface area contributed by atoms with Gasteiger partial charge in [-0.2, -0.15) is 5.21 Å². The zero-order valence-electron chi connectivity index (χ0n) is 7.33. The number of amides is 1. The molecule has 1 heterocycles. The fourth-order valence-corrected chi connectivity index (χ4v) is 0.802. The lowest BCUT2D eigenvalue weighted by Crippen LogP contribution is -2.41. The molecule has 13 heavy (non-hydrogen) atoms. The van der Waals surface area contributed by atoms with Gasteiger partial charge in [-0.15, -0.1) is 16.6 Å². The van der Waals surface area contributed by atoms with Crippen LogP contribution in [0.3, 0.4) is 0 Å². The largest absolute Gasteiger partial charge is 0.333 e. The molecule has 0 radical (unpaired) electrons. The first kappa shape index (κ1) is 9.19. The zero-order chi connectivity index (χ0) is 9.90. The van der Waals surface area contributed by atoms with Gasteiger partial charge in [0.2, 0.25) is 0 Å². The molecule has 0 atom stereocenters. The fraction of sp³-hybridized carbons (Fsp3) is 0.429. The molecule has 0 aliphatic carbocycles. The monoisotopic (exact) mass is 179 g/mol. The highest BCUT2D eigenvalue weighted by Crippen LogP contribution is 2.12. The van der Waals surface area contributed by atoms with Crippen LogP contribution in [-0.2, 0) is 10.3 Å². The van der Waals surface area contributed by atoms with Gasteiger partial charge in [-0.25, -0.2) is 0 Å². The van der Waals surface area contributed by atoms with Crippen molar-refractivity contribution in [1.82, 2.24) is 25.9 Å². The standard InChI is InChI=1S/C7H9N5O/c1-4-5(13)8-7(2,3)6-9-11-12-10-6/h1H,2-3H3,(H,8,13)(H,9,10,11,12). The molecule has 0 bridgehead atoms. The Hall–Kier alpha value is -1.90. The minimum atomic E-state index is -0.712. The van der Waals surface area contributed by atoms with Crippen molar-refractivity contribution in [2.75, 3.05) is 0 Å². The third-order valence-corrected chi connectivity index (χ3v) is 1.46. The number of terminal acetylenes is 1. The second-order valence-electron chi connectivity index (χ2n) is 2.96. The number of hydrogen-bond acceptors (Lipinski definition) is 4. The average Bonchev–Trinajstić information content (AvgIpc) is 2.55. The summed E-state index contributed by atoms with van der Waals surface area (Å²) >= 11 is 0. The van der Waals surface area contributed by atoms with Gasteiger partial charge >= 0.3 is 0 Å². The summed E-state index contributed by atoms with van der Waals surface area (Å²) in [6, 6.07) is 0. The van der Waals surface area contributed by atoms with E-state index in [0.717, 1.165) is 0 Å². The fourth-order valence-electron chi connectivity index (χ4n) is 0.802. The number of nitrogens with zero attached hydrogens (tertiary/aromatic N) is 3. The molecule has 1 aromatic heterocycles. The zero-order valence-corrected chi connectivity index (χ0v) is 7.33. The van der Waals surface area contributed by atoms with Gasteiger partial charge in [0.15, 0.2) is 5.82 Å². The molecule has 0 aliphatic heterocycles. The Kier molecular flexibility index (Phi) is 2.28. The highest BCUT2D eigenvalue weighted by Gasteiger charge is 2.26. The van der Waals surface area contributed by atoms with E-state index in [4.69, 9.17) is 6.42 Å². The number of carbonyl (C=O) groups excluding carboxylic acids is 1. The van der Waals surface area contributed by atoms with Crippen LogP contribution in [0.5, 0.6) is 0 Å². The van der Waals surface area contributed by atoms with E-state index in [-0.39, 0.29) is 0 Å². The summed E-state index contributed by atoms with van der Waals surface area (Å²) in [6.45, 7) is 3.46. The second-order valence-corrected chi connectivity index (χ2v) is 2.96. The number of tetrazole rings is 1. The lowest BCUT2D eigenvalue weighted by atomic mass is 10.1. The van der Waals surface area contributed by atoms with E-state index in [1.54, 1.807) is 13.8 Å². The summed E-state index contributed by atoms with van der Waals surface area (Å²) < 4.78 is 0. The maximum atomic E-state index is 10.9. The quantitative estimate of drug-likeness (QED) is 0.581. The van der Waals surface area contributed by atoms with Crippen LogP contribution in [0.15, 0.2) is 0 Å². The number of carbonyl (C=O) groups is 1. The van der Waals surface area contributed by atoms with Crippen molar-refractivity contribution in [3.63, 3.8) is 0 Å². The maximum absolute atomic E-state index is 10.9. The molecule has 6 heteroatoms. The summed E-state index contributed by atoms with van der Waals surface area (Å²) in [7, 11) is 0. The number of hydrogen-bond donors (Lipinski definition) is 2.